The van der Waals surface area contributed by atoms with Crippen LogP contribution in [0.4, 0.5) is 0 Å². The zero-order chi connectivity index (χ0) is 11.2. The predicted molar refractivity (Wildman–Crippen MR) is 67.1 cm³/mol. The first-order chi connectivity index (χ1) is 7.86. The molecule has 0 spiro atoms. The van der Waals surface area contributed by atoms with Gasteiger partial charge in [-0.05, 0) is 50.7 Å². The molecule has 1 aliphatic carbocycles. The van der Waals surface area contributed by atoms with Crippen LogP contribution in [0.15, 0.2) is 36.0 Å². The molecular formula is C14H20N2. The van der Waals surface area contributed by atoms with Gasteiger partial charge in [-0.25, -0.2) is 0 Å². The molecule has 1 aliphatic rings. The van der Waals surface area contributed by atoms with E-state index in [1.54, 1.807) is 0 Å². The fourth-order valence-electron chi connectivity index (χ4n) is 2.23. The summed E-state index contributed by atoms with van der Waals surface area (Å²) in [6, 6.07) is 6.30. The van der Waals surface area contributed by atoms with Crippen LogP contribution in [0.5, 0.6) is 0 Å². The number of hydrogen-bond acceptors (Lipinski definition) is 2. The van der Waals surface area contributed by atoms with Crippen molar-refractivity contribution in [3.63, 3.8) is 0 Å². The van der Waals surface area contributed by atoms with E-state index in [2.05, 4.69) is 17.1 Å². The quantitative estimate of drug-likeness (QED) is 0.786. The van der Waals surface area contributed by atoms with Gasteiger partial charge < -0.3 is 5.73 Å². The van der Waals surface area contributed by atoms with E-state index in [-0.39, 0.29) is 6.04 Å². The molecule has 0 bridgehead atoms. The zero-order valence-corrected chi connectivity index (χ0v) is 9.73. The minimum Gasteiger partial charge on any atom is -0.324 e. The van der Waals surface area contributed by atoms with E-state index in [4.69, 9.17) is 5.73 Å². The lowest BCUT2D eigenvalue weighted by molar-refractivity contribution is 0.601. The Kier molecular flexibility index (Phi) is 4.11. The van der Waals surface area contributed by atoms with Gasteiger partial charge in [0.2, 0.25) is 0 Å². The molecule has 1 heterocycles. The maximum absolute atomic E-state index is 6.20. The van der Waals surface area contributed by atoms with Crippen LogP contribution in [-0.2, 0) is 6.42 Å². The number of allylic oxidation sites excluding steroid dienone is 1. The SMILES string of the molecule is NC(CCc1ccccn1)C1=CCCCC1. The molecule has 0 saturated carbocycles. The smallest absolute Gasteiger partial charge is 0.0404 e. The van der Waals surface area contributed by atoms with Gasteiger partial charge in [-0.15, -0.1) is 0 Å². The molecule has 1 unspecified atom stereocenters. The highest BCUT2D eigenvalue weighted by Gasteiger charge is 2.11. The lowest BCUT2D eigenvalue weighted by Crippen LogP contribution is -2.24. The van der Waals surface area contributed by atoms with Crippen LogP contribution >= 0.6 is 0 Å². The zero-order valence-electron chi connectivity index (χ0n) is 9.73. The van der Waals surface area contributed by atoms with Crippen LogP contribution < -0.4 is 5.73 Å². The molecule has 0 aromatic carbocycles. The van der Waals surface area contributed by atoms with Crippen molar-refractivity contribution < 1.29 is 0 Å². The van der Waals surface area contributed by atoms with E-state index in [0.717, 1.165) is 18.5 Å². The van der Waals surface area contributed by atoms with Gasteiger partial charge >= 0.3 is 0 Å². The van der Waals surface area contributed by atoms with Crippen molar-refractivity contribution in [3.8, 4) is 0 Å². The van der Waals surface area contributed by atoms with Crippen LogP contribution in [-0.4, -0.2) is 11.0 Å². The van der Waals surface area contributed by atoms with Crippen molar-refractivity contribution in [2.75, 3.05) is 0 Å². The van der Waals surface area contributed by atoms with Gasteiger partial charge in [0.05, 0.1) is 0 Å². The molecule has 2 rings (SSSR count). The van der Waals surface area contributed by atoms with Crippen LogP contribution in [0.25, 0.3) is 0 Å². The van der Waals surface area contributed by atoms with Gasteiger partial charge in [0, 0.05) is 17.9 Å². The predicted octanol–water partition coefficient (Wildman–Crippen LogP) is 2.84. The second-order valence-corrected chi connectivity index (χ2v) is 4.49. The first kappa shape index (κ1) is 11.3. The third-order valence-electron chi connectivity index (χ3n) is 3.24. The largest absolute Gasteiger partial charge is 0.324 e. The summed E-state index contributed by atoms with van der Waals surface area (Å²) < 4.78 is 0. The second kappa shape index (κ2) is 5.80. The van der Waals surface area contributed by atoms with Crippen molar-refractivity contribution in [2.45, 2.75) is 44.6 Å². The summed E-state index contributed by atoms with van der Waals surface area (Å²) in [7, 11) is 0. The Hall–Kier alpha value is -1.15. The molecule has 86 valence electrons. The van der Waals surface area contributed by atoms with Gasteiger partial charge in [-0.3, -0.25) is 4.98 Å². The Balaban J connectivity index is 1.83. The summed E-state index contributed by atoms with van der Waals surface area (Å²) in [6.45, 7) is 0. The highest BCUT2D eigenvalue weighted by atomic mass is 14.7. The Labute approximate surface area is 97.6 Å². The van der Waals surface area contributed by atoms with Crippen molar-refractivity contribution >= 4 is 0 Å². The highest BCUT2D eigenvalue weighted by molar-refractivity contribution is 5.13. The molecular weight excluding hydrogens is 196 g/mol. The molecule has 0 radical (unpaired) electrons. The fourth-order valence-corrected chi connectivity index (χ4v) is 2.23. The van der Waals surface area contributed by atoms with Crippen LogP contribution in [0, 0.1) is 0 Å². The molecule has 2 N–H and O–H groups in total. The fraction of sp³-hybridized carbons (Fsp3) is 0.500. The number of hydrogen-bond donors (Lipinski definition) is 1. The maximum Gasteiger partial charge on any atom is 0.0404 e. The minimum absolute atomic E-state index is 0.238. The van der Waals surface area contributed by atoms with Crippen molar-refractivity contribution in [1.29, 1.82) is 0 Å². The Morgan fingerprint density at radius 2 is 2.25 bits per heavy atom. The van der Waals surface area contributed by atoms with Gasteiger partial charge in [0.15, 0.2) is 0 Å². The van der Waals surface area contributed by atoms with Gasteiger partial charge in [0.1, 0.15) is 0 Å². The summed E-state index contributed by atoms with van der Waals surface area (Å²) in [5.74, 6) is 0. The molecule has 1 atom stereocenters. The standard InChI is InChI=1S/C14H20N2/c15-14(12-6-2-1-3-7-12)10-9-13-8-4-5-11-16-13/h4-6,8,11,14H,1-3,7,9-10,15H2. The Morgan fingerprint density at radius 1 is 1.31 bits per heavy atom. The molecule has 0 amide bonds. The summed E-state index contributed by atoms with van der Waals surface area (Å²) >= 11 is 0. The summed E-state index contributed by atoms with van der Waals surface area (Å²) in [5.41, 5.74) is 8.81. The van der Waals surface area contributed by atoms with Gasteiger partial charge in [-0.2, -0.15) is 0 Å². The Bertz CT molecular complexity index is 343. The lowest BCUT2D eigenvalue weighted by atomic mass is 9.92. The minimum atomic E-state index is 0.238. The van der Waals surface area contributed by atoms with E-state index >= 15 is 0 Å². The van der Waals surface area contributed by atoms with E-state index < -0.39 is 0 Å². The monoisotopic (exact) mass is 216 g/mol. The van der Waals surface area contributed by atoms with Gasteiger partial charge in [0.25, 0.3) is 0 Å². The molecule has 1 aromatic heterocycles. The van der Waals surface area contributed by atoms with E-state index in [1.807, 2.05) is 18.3 Å². The first-order valence-corrected chi connectivity index (χ1v) is 6.20. The third-order valence-corrected chi connectivity index (χ3v) is 3.24. The Morgan fingerprint density at radius 3 is 2.94 bits per heavy atom. The molecule has 0 saturated heterocycles. The van der Waals surface area contributed by atoms with E-state index in [0.29, 0.717) is 0 Å². The molecule has 0 fully saturated rings. The molecule has 0 aliphatic heterocycles. The lowest BCUT2D eigenvalue weighted by Gasteiger charge is -2.19. The van der Waals surface area contributed by atoms with Crippen LogP contribution in [0.2, 0.25) is 0 Å². The second-order valence-electron chi connectivity index (χ2n) is 4.49. The summed E-state index contributed by atoms with van der Waals surface area (Å²) in [5, 5.41) is 0. The number of aromatic nitrogens is 1. The molecule has 16 heavy (non-hydrogen) atoms. The number of rotatable bonds is 4. The number of pyridine rings is 1. The summed E-state index contributed by atoms with van der Waals surface area (Å²) in [6.07, 6.45) is 11.2. The molecule has 1 aromatic rings. The average molecular weight is 216 g/mol. The topological polar surface area (TPSA) is 38.9 Å². The summed E-state index contributed by atoms with van der Waals surface area (Å²) in [4.78, 5) is 4.32. The number of aryl methyl sites for hydroxylation is 1. The van der Waals surface area contributed by atoms with Crippen molar-refractivity contribution in [1.82, 2.24) is 4.98 Å². The first-order valence-electron chi connectivity index (χ1n) is 6.20. The van der Waals surface area contributed by atoms with Crippen LogP contribution in [0.3, 0.4) is 0 Å². The van der Waals surface area contributed by atoms with Crippen molar-refractivity contribution in [2.24, 2.45) is 5.73 Å². The third kappa shape index (κ3) is 3.17. The van der Waals surface area contributed by atoms with Gasteiger partial charge in [-0.1, -0.05) is 17.7 Å². The molecule has 2 nitrogen and oxygen atoms in total. The maximum atomic E-state index is 6.20. The van der Waals surface area contributed by atoms with Crippen molar-refractivity contribution in [3.05, 3.63) is 41.7 Å². The highest BCUT2D eigenvalue weighted by Crippen LogP contribution is 2.21. The number of nitrogens with zero attached hydrogens (tertiary/aromatic N) is 1. The van der Waals surface area contributed by atoms with Crippen LogP contribution in [0.1, 0.15) is 37.8 Å². The number of nitrogens with two attached hydrogens (primary N) is 1. The van der Waals surface area contributed by atoms with E-state index in [9.17, 15) is 0 Å². The van der Waals surface area contributed by atoms with E-state index in [1.165, 1.54) is 31.3 Å². The average Bonchev–Trinajstić information content (AvgIpc) is 2.38. The molecule has 2 heteroatoms. The normalized spacial score (nSPS) is 17.9.